The molecule has 1 amide bonds. The minimum absolute atomic E-state index is 0.281. The second-order valence-electron chi connectivity index (χ2n) is 9.52. The van der Waals surface area contributed by atoms with Gasteiger partial charge >= 0.3 is 5.97 Å². The van der Waals surface area contributed by atoms with Crippen molar-refractivity contribution >= 4 is 17.6 Å². The molecule has 0 fully saturated rings. The van der Waals surface area contributed by atoms with E-state index in [1.165, 1.54) is 0 Å². The fraction of sp³-hybridized carbons (Fsp3) is 0.226. The summed E-state index contributed by atoms with van der Waals surface area (Å²) in [5.74, 6) is -0.227. The largest absolute Gasteiger partial charge is 0.462 e. The molecule has 3 aromatic carbocycles. The van der Waals surface area contributed by atoms with Gasteiger partial charge in [0.15, 0.2) is 5.69 Å². The lowest BCUT2D eigenvalue weighted by Crippen LogP contribution is -2.14. The number of nitrogens with zero attached hydrogens (tertiary/aromatic N) is 5. The summed E-state index contributed by atoms with van der Waals surface area (Å²) >= 11 is 0. The number of hydrogen-bond acceptors (Lipinski definition) is 7. The van der Waals surface area contributed by atoms with Crippen molar-refractivity contribution in [3.8, 4) is 22.5 Å². The summed E-state index contributed by atoms with van der Waals surface area (Å²) < 4.78 is 6.95. The molecule has 10 heteroatoms. The molecular weight excluding hydrogens is 518 g/mol. The van der Waals surface area contributed by atoms with E-state index in [4.69, 9.17) is 4.74 Å². The Morgan fingerprint density at radius 1 is 0.951 bits per heavy atom. The lowest BCUT2D eigenvalue weighted by atomic mass is 9.98. The second-order valence-corrected chi connectivity index (χ2v) is 9.52. The average molecular weight is 550 g/mol. The van der Waals surface area contributed by atoms with Crippen molar-refractivity contribution in [2.24, 2.45) is 0 Å². The third-order valence-electron chi connectivity index (χ3n) is 6.62. The molecule has 0 spiro atoms. The maximum Gasteiger partial charge on any atom is 0.338 e. The van der Waals surface area contributed by atoms with Gasteiger partial charge in [0.2, 0.25) is 5.82 Å². The van der Waals surface area contributed by atoms with Crippen LogP contribution in [0.15, 0.2) is 78.9 Å². The van der Waals surface area contributed by atoms with Crippen molar-refractivity contribution in [3.63, 3.8) is 0 Å². The van der Waals surface area contributed by atoms with E-state index >= 15 is 0 Å². The number of rotatable bonds is 11. The van der Waals surface area contributed by atoms with Gasteiger partial charge in [-0.05, 0) is 65.9 Å². The topological polar surface area (TPSA) is 128 Å². The Morgan fingerprint density at radius 3 is 2.49 bits per heavy atom. The molecule has 0 unspecified atom stereocenters. The van der Waals surface area contributed by atoms with Gasteiger partial charge in [-0.3, -0.25) is 9.48 Å². The summed E-state index contributed by atoms with van der Waals surface area (Å²) in [5.41, 5.74) is 6.18. The molecule has 41 heavy (non-hydrogen) atoms. The number of tetrazole rings is 1. The fourth-order valence-electron chi connectivity index (χ4n) is 4.56. The number of hydrogen-bond donors (Lipinski definition) is 2. The standard InChI is InChI=1S/C31H31N7O3/c1-3-5-11-25-19-28(30(39)32-24-10-8-9-23(18-24)31(40)41-4-2)35-38(25)20-21-14-16-22(17-15-21)26-12-6-7-13-27(26)29-33-36-37-34-29/h6-10,12-19H,3-5,11,20H2,1-2H3,(H,32,39)(H,33,34,36,37). The van der Waals surface area contributed by atoms with Gasteiger partial charge in [-0.1, -0.05) is 67.9 Å². The molecule has 0 bridgehead atoms. The van der Waals surface area contributed by atoms with E-state index in [1.807, 2.05) is 35.0 Å². The first kappa shape index (κ1) is 27.4. The van der Waals surface area contributed by atoms with Gasteiger partial charge in [-0.25, -0.2) is 4.79 Å². The zero-order valence-corrected chi connectivity index (χ0v) is 23.0. The van der Waals surface area contributed by atoms with Gasteiger partial charge in [0.05, 0.1) is 18.7 Å². The van der Waals surface area contributed by atoms with Crippen LogP contribution in [-0.4, -0.2) is 48.9 Å². The Bertz CT molecular complexity index is 1630. The Hall–Kier alpha value is -5.12. The highest BCUT2D eigenvalue weighted by Gasteiger charge is 2.17. The van der Waals surface area contributed by atoms with Crippen molar-refractivity contribution in [1.82, 2.24) is 30.4 Å². The van der Waals surface area contributed by atoms with E-state index in [0.29, 0.717) is 29.3 Å². The molecule has 0 atom stereocenters. The summed E-state index contributed by atoms with van der Waals surface area (Å²) in [6, 6.07) is 24.7. The van der Waals surface area contributed by atoms with Crippen LogP contribution in [0.2, 0.25) is 0 Å². The highest BCUT2D eigenvalue weighted by Crippen LogP contribution is 2.30. The molecule has 0 aliphatic rings. The molecule has 2 N–H and O–H groups in total. The number of carbonyl (C=O) groups excluding carboxylic acids is 2. The fourth-order valence-corrected chi connectivity index (χ4v) is 4.56. The summed E-state index contributed by atoms with van der Waals surface area (Å²) in [5, 5.41) is 22.0. The Balaban J connectivity index is 1.34. The molecule has 5 rings (SSSR count). The SMILES string of the molecule is CCCCc1cc(C(=O)Nc2cccc(C(=O)OCC)c2)nn1Cc1ccc(-c2ccccc2-c2nn[nH]n2)cc1. The van der Waals surface area contributed by atoms with Crippen molar-refractivity contribution in [3.05, 3.63) is 101 Å². The molecule has 0 aliphatic carbocycles. The number of aryl methyl sites for hydroxylation is 1. The number of amides is 1. The summed E-state index contributed by atoms with van der Waals surface area (Å²) in [7, 11) is 0. The minimum Gasteiger partial charge on any atom is -0.462 e. The maximum absolute atomic E-state index is 13.1. The van der Waals surface area contributed by atoms with Crippen LogP contribution >= 0.6 is 0 Å². The van der Waals surface area contributed by atoms with E-state index in [9.17, 15) is 9.59 Å². The van der Waals surface area contributed by atoms with Crippen LogP contribution < -0.4 is 5.32 Å². The first-order chi connectivity index (χ1) is 20.1. The van der Waals surface area contributed by atoms with Crippen molar-refractivity contribution in [2.75, 3.05) is 11.9 Å². The van der Waals surface area contributed by atoms with Crippen LogP contribution in [0.3, 0.4) is 0 Å². The number of ether oxygens (including phenoxy) is 1. The van der Waals surface area contributed by atoms with E-state index in [-0.39, 0.29) is 12.5 Å². The Kier molecular flexibility index (Phi) is 8.58. The van der Waals surface area contributed by atoms with Crippen LogP contribution in [0.1, 0.15) is 58.8 Å². The van der Waals surface area contributed by atoms with Crippen LogP contribution in [0.4, 0.5) is 5.69 Å². The number of benzene rings is 3. The molecule has 0 radical (unpaired) electrons. The first-order valence-corrected chi connectivity index (χ1v) is 13.6. The predicted octanol–water partition coefficient (Wildman–Crippen LogP) is 5.55. The van der Waals surface area contributed by atoms with E-state index in [1.54, 1.807) is 31.2 Å². The number of nitrogens with one attached hydrogen (secondary N) is 2. The molecule has 0 aliphatic heterocycles. The van der Waals surface area contributed by atoms with E-state index < -0.39 is 5.97 Å². The zero-order chi connectivity index (χ0) is 28.6. The molecule has 0 saturated heterocycles. The summed E-state index contributed by atoms with van der Waals surface area (Å²) in [4.78, 5) is 25.2. The van der Waals surface area contributed by atoms with Gasteiger partial charge in [0.1, 0.15) is 0 Å². The molecule has 0 saturated carbocycles. The molecule has 2 heterocycles. The van der Waals surface area contributed by atoms with Gasteiger partial charge < -0.3 is 10.1 Å². The lowest BCUT2D eigenvalue weighted by Gasteiger charge is -2.10. The van der Waals surface area contributed by atoms with Gasteiger partial charge in [0, 0.05) is 16.9 Å². The quantitative estimate of drug-likeness (QED) is 0.207. The molecular formula is C31H31N7O3. The number of esters is 1. The average Bonchev–Trinajstić information content (AvgIpc) is 3.68. The van der Waals surface area contributed by atoms with Crippen molar-refractivity contribution in [1.29, 1.82) is 0 Å². The van der Waals surface area contributed by atoms with Crippen molar-refractivity contribution < 1.29 is 14.3 Å². The first-order valence-electron chi connectivity index (χ1n) is 13.6. The zero-order valence-electron chi connectivity index (χ0n) is 23.0. The third-order valence-corrected chi connectivity index (χ3v) is 6.62. The lowest BCUT2D eigenvalue weighted by molar-refractivity contribution is 0.0526. The number of carbonyl (C=O) groups is 2. The molecule has 2 aromatic heterocycles. The molecule has 5 aromatic rings. The molecule has 208 valence electrons. The number of H-pyrrole nitrogens is 1. The van der Waals surface area contributed by atoms with Gasteiger partial charge in [0.25, 0.3) is 5.91 Å². The maximum atomic E-state index is 13.1. The summed E-state index contributed by atoms with van der Waals surface area (Å²) in [6.45, 7) is 4.69. The Labute approximate surface area is 237 Å². The summed E-state index contributed by atoms with van der Waals surface area (Å²) in [6.07, 6.45) is 2.83. The highest BCUT2D eigenvalue weighted by molar-refractivity contribution is 6.03. The number of aromatic amines is 1. The van der Waals surface area contributed by atoms with Crippen LogP contribution in [0.5, 0.6) is 0 Å². The smallest absolute Gasteiger partial charge is 0.338 e. The predicted molar refractivity (Wildman–Crippen MR) is 155 cm³/mol. The van der Waals surface area contributed by atoms with E-state index in [2.05, 4.69) is 62.2 Å². The number of unbranched alkanes of at least 4 members (excludes halogenated alkanes) is 1. The molecule has 10 nitrogen and oxygen atoms in total. The van der Waals surface area contributed by atoms with Crippen LogP contribution in [-0.2, 0) is 17.7 Å². The van der Waals surface area contributed by atoms with Gasteiger partial charge in [-0.15, -0.1) is 10.2 Å². The van der Waals surface area contributed by atoms with Crippen LogP contribution in [0, 0.1) is 0 Å². The monoisotopic (exact) mass is 549 g/mol. The second kappa shape index (κ2) is 12.8. The van der Waals surface area contributed by atoms with Gasteiger partial charge in [-0.2, -0.15) is 10.3 Å². The number of anilines is 1. The van der Waals surface area contributed by atoms with Crippen LogP contribution in [0.25, 0.3) is 22.5 Å². The van der Waals surface area contributed by atoms with E-state index in [0.717, 1.165) is 47.2 Å². The third kappa shape index (κ3) is 6.55. The normalized spacial score (nSPS) is 10.9. The minimum atomic E-state index is -0.431. The Morgan fingerprint density at radius 2 is 1.76 bits per heavy atom. The number of aromatic nitrogens is 6. The highest BCUT2D eigenvalue weighted by atomic mass is 16.5. The van der Waals surface area contributed by atoms with Crippen molar-refractivity contribution in [2.45, 2.75) is 39.7 Å².